The molecule has 3 nitrogen and oxygen atoms in total. The molecule has 2 aromatic rings. The fraction of sp³-hybridized carbons (Fsp3) is 0.400. The predicted octanol–water partition coefficient (Wildman–Crippen LogP) is 5.38. The molecule has 0 radical (unpaired) electrons. The molecule has 136 valence electrons. The van der Waals surface area contributed by atoms with Crippen LogP contribution in [0, 0.1) is 0 Å². The molecule has 0 aliphatic carbocycles. The van der Waals surface area contributed by atoms with Gasteiger partial charge in [0.05, 0.1) is 13.2 Å². The van der Waals surface area contributed by atoms with Crippen LogP contribution in [0.15, 0.2) is 48.5 Å². The maximum Gasteiger partial charge on any atom is 0.127 e. The summed E-state index contributed by atoms with van der Waals surface area (Å²) in [5.74, 6) is 2.19. The summed E-state index contributed by atoms with van der Waals surface area (Å²) >= 11 is 5.89. The average molecular weight is 382 g/mol. The first-order valence-electron chi connectivity index (χ1n) is 8.54. The maximum atomic E-state index is 5.89. The minimum absolute atomic E-state index is 0. The summed E-state index contributed by atoms with van der Waals surface area (Å²) in [5.41, 5.74) is 1.35. The van der Waals surface area contributed by atoms with E-state index in [-0.39, 0.29) is 12.4 Å². The van der Waals surface area contributed by atoms with E-state index in [9.17, 15) is 0 Å². The van der Waals surface area contributed by atoms with Crippen molar-refractivity contribution in [1.82, 2.24) is 4.90 Å². The van der Waals surface area contributed by atoms with Crippen molar-refractivity contribution in [3.63, 3.8) is 0 Å². The van der Waals surface area contributed by atoms with Crippen molar-refractivity contribution in [2.45, 2.75) is 19.3 Å². The van der Waals surface area contributed by atoms with E-state index in [0.717, 1.165) is 50.8 Å². The van der Waals surface area contributed by atoms with E-state index < -0.39 is 0 Å². The van der Waals surface area contributed by atoms with Gasteiger partial charge < -0.3 is 9.47 Å². The Kier molecular flexibility index (Phi) is 8.04. The Bertz CT molecular complexity index is 625. The molecule has 0 spiro atoms. The van der Waals surface area contributed by atoms with E-state index in [1.54, 1.807) is 0 Å². The lowest BCUT2D eigenvalue weighted by molar-refractivity contribution is 0.0367. The van der Waals surface area contributed by atoms with Crippen LogP contribution in [-0.2, 0) is 4.74 Å². The summed E-state index contributed by atoms with van der Waals surface area (Å²) in [4.78, 5) is 2.48. The topological polar surface area (TPSA) is 21.7 Å². The maximum absolute atomic E-state index is 5.89. The molecule has 1 saturated heterocycles. The summed E-state index contributed by atoms with van der Waals surface area (Å²) in [7, 11) is 0. The summed E-state index contributed by atoms with van der Waals surface area (Å²) < 4.78 is 11.2. The van der Waals surface area contributed by atoms with Crippen LogP contribution in [0.1, 0.15) is 24.8 Å². The van der Waals surface area contributed by atoms with Crippen molar-refractivity contribution in [1.29, 1.82) is 0 Å². The molecule has 0 bridgehead atoms. The lowest BCUT2D eigenvalue weighted by atomic mass is 9.97. The summed E-state index contributed by atoms with van der Waals surface area (Å²) in [6.45, 7) is 7.26. The van der Waals surface area contributed by atoms with Crippen LogP contribution in [0.25, 0.3) is 0 Å². The number of benzene rings is 2. The second kappa shape index (κ2) is 10.0. The first kappa shape index (κ1) is 20.1. The minimum Gasteiger partial charge on any atom is -0.457 e. The van der Waals surface area contributed by atoms with Gasteiger partial charge in [-0.1, -0.05) is 30.7 Å². The molecule has 0 aromatic heterocycles. The highest BCUT2D eigenvalue weighted by Crippen LogP contribution is 2.26. The minimum atomic E-state index is 0. The Morgan fingerprint density at radius 1 is 1.00 bits per heavy atom. The third-order valence-electron chi connectivity index (χ3n) is 4.48. The molecule has 0 saturated carbocycles. The highest BCUT2D eigenvalue weighted by Gasteiger charge is 2.12. The van der Waals surface area contributed by atoms with Gasteiger partial charge in [-0.05, 0) is 60.8 Å². The molecule has 1 unspecified atom stereocenters. The third kappa shape index (κ3) is 6.19. The van der Waals surface area contributed by atoms with Crippen LogP contribution in [-0.4, -0.2) is 37.7 Å². The Morgan fingerprint density at radius 2 is 1.56 bits per heavy atom. The third-order valence-corrected chi connectivity index (χ3v) is 4.73. The number of halogens is 2. The zero-order valence-electron chi connectivity index (χ0n) is 14.5. The largest absolute Gasteiger partial charge is 0.457 e. The van der Waals surface area contributed by atoms with Gasteiger partial charge in [0.1, 0.15) is 11.5 Å². The lowest BCUT2D eigenvalue weighted by Gasteiger charge is -2.27. The smallest absolute Gasteiger partial charge is 0.127 e. The number of nitrogens with zero attached hydrogens (tertiary/aromatic N) is 1. The van der Waals surface area contributed by atoms with E-state index >= 15 is 0 Å². The average Bonchev–Trinajstić information content (AvgIpc) is 2.63. The summed E-state index contributed by atoms with van der Waals surface area (Å²) in [5, 5.41) is 0.715. The zero-order valence-corrected chi connectivity index (χ0v) is 16.1. The second-order valence-corrected chi connectivity index (χ2v) is 6.71. The molecule has 1 heterocycles. The van der Waals surface area contributed by atoms with E-state index in [2.05, 4.69) is 24.0 Å². The molecule has 5 heteroatoms. The van der Waals surface area contributed by atoms with Crippen molar-refractivity contribution in [3.05, 3.63) is 59.1 Å². The molecule has 3 rings (SSSR count). The molecule has 0 N–H and O–H groups in total. The number of morpholine rings is 1. The standard InChI is InChI=1S/C20H24ClNO2.ClH/c1-16(10-11-22-12-14-23-15-13-22)17-2-6-19(7-3-17)24-20-8-4-18(21)5-9-20;/h2-9,16H,10-15H2,1H3;1H. The molecular formula is C20H25Cl2NO2. The molecule has 0 amide bonds. The van der Waals surface area contributed by atoms with Crippen LogP contribution in [0.5, 0.6) is 11.5 Å². The van der Waals surface area contributed by atoms with Crippen LogP contribution in [0.3, 0.4) is 0 Å². The monoisotopic (exact) mass is 381 g/mol. The van der Waals surface area contributed by atoms with E-state index in [0.29, 0.717) is 10.9 Å². The van der Waals surface area contributed by atoms with Crippen molar-refractivity contribution in [3.8, 4) is 11.5 Å². The number of rotatable bonds is 6. The van der Waals surface area contributed by atoms with Gasteiger partial charge >= 0.3 is 0 Å². The Balaban J connectivity index is 0.00000225. The van der Waals surface area contributed by atoms with Crippen molar-refractivity contribution in [2.75, 3.05) is 32.8 Å². The van der Waals surface area contributed by atoms with Gasteiger partial charge in [0, 0.05) is 18.1 Å². The Hall–Kier alpha value is -1.26. The first-order chi connectivity index (χ1) is 11.7. The molecule has 1 aliphatic heterocycles. The second-order valence-electron chi connectivity index (χ2n) is 6.27. The summed E-state index contributed by atoms with van der Waals surface area (Å²) in [6.07, 6.45) is 1.16. The quantitative estimate of drug-likeness (QED) is 0.670. The van der Waals surface area contributed by atoms with Gasteiger partial charge in [-0.15, -0.1) is 12.4 Å². The number of ether oxygens (including phenoxy) is 2. The highest BCUT2D eigenvalue weighted by molar-refractivity contribution is 6.30. The fourth-order valence-corrected chi connectivity index (χ4v) is 3.00. The zero-order chi connectivity index (χ0) is 16.8. The van der Waals surface area contributed by atoms with Gasteiger partial charge in [-0.2, -0.15) is 0 Å². The van der Waals surface area contributed by atoms with Crippen LogP contribution in [0.2, 0.25) is 5.02 Å². The van der Waals surface area contributed by atoms with Crippen molar-refractivity contribution in [2.24, 2.45) is 0 Å². The van der Waals surface area contributed by atoms with Crippen molar-refractivity contribution >= 4 is 24.0 Å². The number of hydrogen-bond donors (Lipinski definition) is 0. The Labute approximate surface area is 161 Å². The lowest BCUT2D eigenvalue weighted by Crippen LogP contribution is -2.37. The fourth-order valence-electron chi connectivity index (χ4n) is 2.87. The first-order valence-corrected chi connectivity index (χ1v) is 8.92. The molecule has 25 heavy (non-hydrogen) atoms. The molecule has 1 aliphatic rings. The van der Waals surface area contributed by atoms with Gasteiger partial charge in [-0.25, -0.2) is 0 Å². The van der Waals surface area contributed by atoms with Gasteiger partial charge in [-0.3, -0.25) is 4.90 Å². The van der Waals surface area contributed by atoms with Gasteiger partial charge in [0.2, 0.25) is 0 Å². The van der Waals surface area contributed by atoms with Gasteiger partial charge in [0.15, 0.2) is 0 Å². The van der Waals surface area contributed by atoms with Crippen molar-refractivity contribution < 1.29 is 9.47 Å². The summed E-state index contributed by atoms with van der Waals surface area (Å²) in [6, 6.07) is 15.8. The van der Waals surface area contributed by atoms with E-state index in [1.807, 2.05) is 36.4 Å². The predicted molar refractivity (Wildman–Crippen MR) is 106 cm³/mol. The van der Waals surface area contributed by atoms with Crippen LogP contribution in [0.4, 0.5) is 0 Å². The van der Waals surface area contributed by atoms with Crippen LogP contribution < -0.4 is 4.74 Å². The SMILES string of the molecule is CC(CCN1CCOCC1)c1ccc(Oc2ccc(Cl)cc2)cc1.Cl. The van der Waals surface area contributed by atoms with E-state index in [4.69, 9.17) is 21.1 Å². The number of hydrogen-bond acceptors (Lipinski definition) is 3. The van der Waals surface area contributed by atoms with E-state index in [1.165, 1.54) is 5.56 Å². The molecular weight excluding hydrogens is 357 g/mol. The van der Waals surface area contributed by atoms with Crippen LogP contribution >= 0.6 is 24.0 Å². The molecule has 2 aromatic carbocycles. The highest BCUT2D eigenvalue weighted by atomic mass is 35.5. The molecule has 1 atom stereocenters. The molecule has 1 fully saturated rings. The Morgan fingerprint density at radius 3 is 2.16 bits per heavy atom. The van der Waals surface area contributed by atoms with Gasteiger partial charge in [0.25, 0.3) is 0 Å². The normalized spacial score (nSPS) is 16.1.